The van der Waals surface area contributed by atoms with Crippen LogP contribution in [0.5, 0.6) is 0 Å². The van der Waals surface area contributed by atoms with Crippen molar-refractivity contribution in [2.24, 2.45) is 5.14 Å². The highest BCUT2D eigenvalue weighted by Gasteiger charge is 2.08. The van der Waals surface area contributed by atoms with Crippen molar-refractivity contribution in [3.8, 4) is 0 Å². The van der Waals surface area contributed by atoms with E-state index in [4.69, 9.17) is 5.14 Å². The van der Waals surface area contributed by atoms with Crippen molar-refractivity contribution in [3.63, 3.8) is 0 Å². The Balaban J connectivity index is 1.70. The highest BCUT2D eigenvalue weighted by atomic mass is 32.2. The maximum absolute atomic E-state index is 11.5. The lowest BCUT2D eigenvalue weighted by Crippen LogP contribution is -2.12. The summed E-state index contributed by atoms with van der Waals surface area (Å²) in [5.41, 5.74) is 2.77. The monoisotopic (exact) mass is 398 g/mol. The molecule has 1 aromatic heterocycles. The maximum Gasteiger partial charge on any atom is 0.238 e. The Morgan fingerprint density at radius 1 is 1.00 bits per heavy atom. The molecule has 0 bridgehead atoms. The van der Waals surface area contributed by atoms with E-state index in [9.17, 15) is 8.42 Å². The molecule has 3 rings (SSSR count). The summed E-state index contributed by atoms with van der Waals surface area (Å²) in [6, 6.07) is 16.2. The van der Waals surface area contributed by atoms with Crippen LogP contribution < -0.4 is 20.7 Å². The molecule has 1 heterocycles. The van der Waals surface area contributed by atoms with Gasteiger partial charge in [-0.15, -0.1) is 0 Å². The van der Waals surface area contributed by atoms with E-state index in [0.29, 0.717) is 18.2 Å². The number of aromatic nitrogens is 2. The first-order chi connectivity index (χ1) is 13.3. The van der Waals surface area contributed by atoms with Gasteiger partial charge in [-0.05, 0) is 35.9 Å². The highest BCUT2D eigenvalue weighted by Crippen LogP contribution is 2.21. The predicted octanol–water partition coefficient (Wildman–Crippen LogP) is 2.55. The van der Waals surface area contributed by atoms with Crippen LogP contribution in [0, 0.1) is 0 Å². The molecule has 0 atom stereocenters. The second-order valence-corrected chi connectivity index (χ2v) is 7.97. The van der Waals surface area contributed by atoms with Gasteiger partial charge in [0.25, 0.3) is 0 Å². The molecule has 3 aromatic rings. The second kappa shape index (κ2) is 8.24. The minimum atomic E-state index is -3.73. The third-order valence-electron chi connectivity index (χ3n) is 4.00. The number of hydrogen-bond donors (Lipinski definition) is 3. The largest absolute Gasteiger partial charge is 0.378 e. The number of benzene rings is 2. The summed E-state index contributed by atoms with van der Waals surface area (Å²) in [4.78, 5) is 10.5. The quantitative estimate of drug-likeness (QED) is 0.560. The highest BCUT2D eigenvalue weighted by molar-refractivity contribution is 7.89. The molecule has 0 aliphatic rings. The number of nitrogens with one attached hydrogen (secondary N) is 2. The fourth-order valence-electron chi connectivity index (χ4n) is 2.56. The van der Waals surface area contributed by atoms with Crippen molar-refractivity contribution in [3.05, 3.63) is 66.5 Å². The Hall–Kier alpha value is -3.17. The minimum absolute atomic E-state index is 0.0811. The first-order valence-corrected chi connectivity index (χ1v) is 10.1. The molecule has 28 heavy (non-hydrogen) atoms. The molecule has 0 saturated carbocycles. The lowest BCUT2D eigenvalue weighted by Gasteiger charge is -2.14. The second-order valence-electron chi connectivity index (χ2n) is 6.40. The molecule has 0 radical (unpaired) electrons. The third-order valence-corrected chi connectivity index (χ3v) is 4.91. The smallest absolute Gasteiger partial charge is 0.238 e. The molecule has 0 unspecified atom stereocenters. The number of nitrogens with zero attached hydrogens (tertiary/aromatic N) is 3. The average Bonchev–Trinajstić information content (AvgIpc) is 2.66. The van der Waals surface area contributed by atoms with Crippen molar-refractivity contribution in [1.82, 2.24) is 9.97 Å². The van der Waals surface area contributed by atoms with E-state index in [1.807, 2.05) is 49.3 Å². The molecule has 0 aliphatic heterocycles. The Kier molecular flexibility index (Phi) is 5.76. The molecular formula is C19H22N6O2S. The van der Waals surface area contributed by atoms with Gasteiger partial charge in [-0.2, -0.15) is 0 Å². The van der Waals surface area contributed by atoms with Crippen LogP contribution in [0.2, 0.25) is 0 Å². The van der Waals surface area contributed by atoms with Crippen LogP contribution in [0.15, 0.2) is 65.8 Å². The summed E-state index contributed by atoms with van der Waals surface area (Å²) in [7, 11) is 0.240. The first kappa shape index (κ1) is 19.6. The van der Waals surface area contributed by atoms with E-state index in [2.05, 4.69) is 20.6 Å². The Bertz CT molecular complexity index is 1070. The normalized spacial score (nSPS) is 11.1. The summed E-state index contributed by atoms with van der Waals surface area (Å²) in [6.45, 7) is 0.399. The van der Waals surface area contributed by atoms with Gasteiger partial charge in [-0.3, -0.25) is 0 Å². The summed E-state index contributed by atoms with van der Waals surface area (Å²) in [5.74, 6) is 1.26. The number of anilines is 4. The van der Waals surface area contributed by atoms with E-state index in [-0.39, 0.29) is 4.90 Å². The van der Waals surface area contributed by atoms with E-state index < -0.39 is 10.0 Å². The Labute approximate surface area is 164 Å². The number of primary sulfonamides is 1. The zero-order chi connectivity index (χ0) is 20.1. The van der Waals surface area contributed by atoms with Gasteiger partial charge in [-0.25, -0.2) is 23.5 Å². The van der Waals surface area contributed by atoms with Gasteiger partial charge < -0.3 is 15.5 Å². The molecule has 146 valence electrons. The zero-order valence-electron chi connectivity index (χ0n) is 15.6. The van der Waals surface area contributed by atoms with Crippen LogP contribution in [0.25, 0.3) is 0 Å². The van der Waals surface area contributed by atoms with Crippen LogP contribution in [0.3, 0.4) is 0 Å². The molecule has 0 spiro atoms. The lowest BCUT2D eigenvalue weighted by atomic mass is 10.2. The van der Waals surface area contributed by atoms with Crippen molar-refractivity contribution in [1.29, 1.82) is 0 Å². The SMILES string of the molecule is CN(C)c1cccc(Nc2cc(NCc3cccc(S(N)(=O)=O)c3)ncn2)c1. The van der Waals surface area contributed by atoms with E-state index in [1.165, 1.54) is 18.5 Å². The molecule has 9 heteroatoms. The van der Waals surface area contributed by atoms with Crippen LogP contribution in [-0.4, -0.2) is 32.5 Å². The molecule has 2 aromatic carbocycles. The number of sulfonamides is 1. The summed E-state index contributed by atoms with van der Waals surface area (Å²) >= 11 is 0. The fraction of sp³-hybridized carbons (Fsp3) is 0.158. The van der Waals surface area contributed by atoms with Gasteiger partial charge in [0, 0.05) is 38.1 Å². The van der Waals surface area contributed by atoms with Crippen LogP contribution in [0.1, 0.15) is 5.56 Å². The topological polar surface area (TPSA) is 113 Å². The van der Waals surface area contributed by atoms with Crippen molar-refractivity contribution in [2.45, 2.75) is 11.4 Å². The van der Waals surface area contributed by atoms with Crippen molar-refractivity contribution < 1.29 is 8.42 Å². The number of rotatable bonds is 7. The van der Waals surface area contributed by atoms with Crippen LogP contribution >= 0.6 is 0 Å². The number of hydrogen-bond acceptors (Lipinski definition) is 7. The molecule has 0 fully saturated rings. The van der Waals surface area contributed by atoms with Crippen LogP contribution in [-0.2, 0) is 16.6 Å². The average molecular weight is 398 g/mol. The summed E-state index contributed by atoms with van der Waals surface area (Å²) in [5, 5.41) is 11.6. The number of nitrogens with two attached hydrogens (primary N) is 1. The maximum atomic E-state index is 11.5. The summed E-state index contributed by atoms with van der Waals surface area (Å²) < 4.78 is 22.9. The molecule has 8 nitrogen and oxygen atoms in total. The van der Waals surface area contributed by atoms with E-state index >= 15 is 0 Å². The molecule has 4 N–H and O–H groups in total. The van der Waals surface area contributed by atoms with Gasteiger partial charge in [-0.1, -0.05) is 18.2 Å². The first-order valence-electron chi connectivity index (χ1n) is 8.53. The third kappa shape index (κ3) is 5.18. The fourth-order valence-corrected chi connectivity index (χ4v) is 3.14. The van der Waals surface area contributed by atoms with Crippen LogP contribution in [0.4, 0.5) is 23.0 Å². The van der Waals surface area contributed by atoms with Crippen molar-refractivity contribution in [2.75, 3.05) is 29.6 Å². The lowest BCUT2D eigenvalue weighted by molar-refractivity contribution is 0.597. The van der Waals surface area contributed by atoms with Gasteiger partial charge in [0.15, 0.2) is 0 Å². The van der Waals surface area contributed by atoms with Gasteiger partial charge in [0.1, 0.15) is 18.0 Å². The summed E-state index contributed by atoms with van der Waals surface area (Å²) in [6.07, 6.45) is 1.46. The van der Waals surface area contributed by atoms with E-state index in [0.717, 1.165) is 16.9 Å². The molecule has 0 saturated heterocycles. The van der Waals surface area contributed by atoms with Crippen molar-refractivity contribution >= 4 is 33.0 Å². The predicted molar refractivity (Wildman–Crippen MR) is 111 cm³/mol. The Morgan fingerprint density at radius 3 is 2.50 bits per heavy atom. The molecular weight excluding hydrogens is 376 g/mol. The zero-order valence-corrected chi connectivity index (χ0v) is 16.4. The Morgan fingerprint density at radius 2 is 1.75 bits per heavy atom. The van der Waals surface area contributed by atoms with E-state index in [1.54, 1.807) is 12.1 Å². The molecule has 0 amide bonds. The van der Waals surface area contributed by atoms with Gasteiger partial charge in [0.05, 0.1) is 4.90 Å². The minimum Gasteiger partial charge on any atom is -0.378 e. The van der Waals surface area contributed by atoms with Gasteiger partial charge >= 0.3 is 0 Å². The van der Waals surface area contributed by atoms with Gasteiger partial charge in [0.2, 0.25) is 10.0 Å². The molecule has 0 aliphatic carbocycles. The standard InChI is InChI=1S/C19H22N6O2S/c1-25(2)16-7-4-6-15(10-16)24-19-11-18(22-13-23-19)21-12-14-5-3-8-17(9-14)28(20,26)27/h3-11,13H,12H2,1-2H3,(H2,20,26,27)(H2,21,22,23,24).